The van der Waals surface area contributed by atoms with Crippen molar-refractivity contribution >= 4 is 11.9 Å². The number of cyclic esters (lactones) is 2. The number of aliphatic hydroxyl groups excluding tert-OH is 2. The van der Waals surface area contributed by atoms with E-state index in [2.05, 4.69) is 19.1 Å². The summed E-state index contributed by atoms with van der Waals surface area (Å²) < 4.78 is 10.6. The van der Waals surface area contributed by atoms with Crippen LogP contribution in [-0.2, 0) is 19.1 Å². The van der Waals surface area contributed by atoms with Crippen LogP contribution in [0.5, 0.6) is 0 Å². The molecule has 1 atom stereocenters. The minimum atomic E-state index is -1.12. The van der Waals surface area contributed by atoms with Gasteiger partial charge >= 0.3 is 11.9 Å². The first-order chi connectivity index (χ1) is 35.1. The van der Waals surface area contributed by atoms with Gasteiger partial charge in [-0.3, -0.25) is 9.59 Å². The van der Waals surface area contributed by atoms with Crippen LogP contribution in [-0.4, -0.2) is 48.6 Å². The number of carbonyl (C=O) groups excluding carboxylic acids is 2. The number of ether oxygens (including phenoxy) is 2. The van der Waals surface area contributed by atoms with Crippen LogP contribution in [0.2, 0.25) is 0 Å². The van der Waals surface area contributed by atoms with Gasteiger partial charge in [-0.1, -0.05) is 327 Å². The highest BCUT2D eigenvalue weighted by Gasteiger charge is 2.36. The predicted molar refractivity (Wildman–Crippen MR) is 306 cm³/mol. The van der Waals surface area contributed by atoms with E-state index < -0.39 is 36.5 Å². The molecule has 0 aromatic carbocycles. The van der Waals surface area contributed by atoms with Crippen LogP contribution in [0.15, 0.2) is 12.2 Å². The summed E-state index contributed by atoms with van der Waals surface area (Å²) in [5.41, 5.74) is -1.12. The molecule has 0 amide bonds. The smallest absolute Gasteiger partial charge is 0.309 e. The fourth-order valence-corrected chi connectivity index (χ4v) is 10.8. The Labute approximate surface area is 443 Å². The number of carbonyl (C=O) groups is 2. The summed E-state index contributed by atoms with van der Waals surface area (Å²) in [5, 5.41) is 19.2. The van der Waals surface area contributed by atoms with Gasteiger partial charge in [0.25, 0.3) is 0 Å². The second-order valence-corrected chi connectivity index (χ2v) is 23.1. The second kappa shape index (κ2) is 54.8. The molecule has 6 nitrogen and oxygen atoms in total. The third kappa shape index (κ3) is 46.8. The molecule has 1 fully saturated rings. The van der Waals surface area contributed by atoms with Gasteiger partial charge in [0.05, 0.1) is 31.0 Å². The van der Waals surface area contributed by atoms with Crippen molar-refractivity contribution in [2.24, 2.45) is 11.3 Å². The van der Waals surface area contributed by atoms with E-state index in [0.717, 1.165) is 19.3 Å². The molecule has 0 aliphatic carbocycles. The Hall–Kier alpha value is -1.40. The number of esters is 2. The highest BCUT2D eigenvalue weighted by atomic mass is 16.6. The first kappa shape index (κ1) is 67.6. The van der Waals surface area contributed by atoms with Crippen molar-refractivity contribution in [3.63, 3.8) is 0 Å². The molecule has 0 bridgehead atoms. The van der Waals surface area contributed by atoms with Crippen molar-refractivity contribution in [1.29, 1.82) is 0 Å². The van der Waals surface area contributed by atoms with Gasteiger partial charge in [0.15, 0.2) is 0 Å². The second-order valence-electron chi connectivity index (χ2n) is 23.1. The van der Waals surface area contributed by atoms with Crippen LogP contribution >= 0.6 is 0 Å². The van der Waals surface area contributed by atoms with Gasteiger partial charge in [0.1, 0.15) is 13.2 Å². The Morgan fingerprint density at radius 1 is 0.366 bits per heavy atom. The number of hydrogen-bond acceptors (Lipinski definition) is 6. The SMILES string of the molecule is CCCCCCCCCCCCCCCC/C=C/CCCCCCCCCCCCCCCCCCCCCCCCCCCCCCCCCCCCCCC1CC(=O)OCC(CO)(CO)COC1=O. The van der Waals surface area contributed by atoms with Gasteiger partial charge in [0, 0.05) is 0 Å². The molecule has 1 aliphatic heterocycles. The van der Waals surface area contributed by atoms with Gasteiger partial charge in [-0.05, 0) is 32.1 Å². The minimum Gasteiger partial charge on any atom is -0.465 e. The van der Waals surface area contributed by atoms with E-state index in [9.17, 15) is 19.8 Å². The van der Waals surface area contributed by atoms with E-state index >= 15 is 0 Å². The van der Waals surface area contributed by atoms with E-state index in [-0.39, 0.29) is 19.6 Å². The van der Waals surface area contributed by atoms with Crippen molar-refractivity contribution in [2.75, 3.05) is 26.4 Å². The molecule has 2 N–H and O–H groups in total. The lowest BCUT2D eigenvalue weighted by molar-refractivity contribution is -0.155. The molecule has 1 saturated heterocycles. The zero-order chi connectivity index (χ0) is 51.1. The van der Waals surface area contributed by atoms with E-state index in [1.165, 1.54) is 315 Å². The fraction of sp³-hybridized carbons (Fsp3) is 0.938. The maximum absolute atomic E-state index is 12.5. The molecule has 0 aromatic heterocycles. The van der Waals surface area contributed by atoms with Gasteiger partial charge in [0.2, 0.25) is 0 Å². The Balaban J connectivity index is 1.68. The van der Waals surface area contributed by atoms with E-state index in [4.69, 9.17) is 9.47 Å². The predicted octanol–water partition coefficient (Wildman–Crippen LogP) is 20.3. The number of aliphatic hydroxyl groups is 2. The number of allylic oxidation sites excluding steroid dienone is 2. The lowest BCUT2D eigenvalue weighted by Crippen LogP contribution is -2.40. The van der Waals surface area contributed by atoms with E-state index in [1.54, 1.807) is 0 Å². The molecule has 0 spiro atoms. The molecular formula is C65H124O6. The zero-order valence-electron chi connectivity index (χ0n) is 47.8. The zero-order valence-corrected chi connectivity index (χ0v) is 47.8. The average Bonchev–Trinajstić information content (AvgIpc) is 3.44. The fourth-order valence-electron chi connectivity index (χ4n) is 10.8. The summed E-state index contributed by atoms with van der Waals surface area (Å²) in [5.74, 6) is -1.40. The third-order valence-electron chi connectivity index (χ3n) is 16.0. The van der Waals surface area contributed by atoms with Gasteiger partial charge in [-0.25, -0.2) is 0 Å². The lowest BCUT2D eigenvalue weighted by Gasteiger charge is -2.27. The molecular weight excluding hydrogens is 877 g/mol. The molecule has 0 saturated carbocycles. The largest absolute Gasteiger partial charge is 0.465 e. The number of rotatable bonds is 56. The summed E-state index contributed by atoms with van der Waals surface area (Å²) >= 11 is 0. The quantitative estimate of drug-likeness (QED) is 0.0358. The maximum Gasteiger partial charge on any atom is 0.309 e. The standard InChI is InChI=1S/C65H124O6/c1-2-3-4-5-6-7-8-9-10-11-12-13-14-15-16-17-18-19-20-21-22-23-24-25-26-27-28-29-30-31-32-33-34-35-36-37-38-39-40-41-42-43-44-45-46-47-48-49-50-51-52-53-54-55-56-62-57-63(68)70-60-65(58-66,59-67)61-71-64(62)69/h17-18,62,66-67H,2-16,19-61H2,1H3/b18-17+. The van der Waals surface area contributed by atoms with Gasteiger partial charge in [-0.15, -0.1) is 0 Å². The van der Waals surface area contributed by atoms with Crippen molar-refractivity contribution in [2.45, 2.75) is 354 Å². The van der Waals surface area contributed by atoms with Crippen LogP contribution in [0, 0.1) is 11.3 Å². The van der Waals surface area contributed by atoms with E-state index in [0.29, 0.717) is 6.42 Å². The molecule has 71 heavy (non-hydrogen) atoms. The molecule has 0 aromatic rings. The first-order valence-electron chi connectivity index (χ1n) is 32.3. The van der Waals surface area contributed by atoms with Crippen LogP contribution in [0.4, 0.5) is 0 Å². The van der Waals surface area contributed by atoms with Crippen LogP contribution in [0.1, 0.15) is 354 Å². The van der Waals surface area contributed by atoms with Gasteiger partial charge < -0.3 is 19.7 Å². The molecule has 1 unspecified atom stereocenters. The van der Waals surface area contributed by atoms with Crippen LogP contribution in [0.3, 0.4) is 0 Å². The number of hydrogen-bond donors (Lipinski definition) is 2. The maximum atomic E-state index is 12.5. The van der Waals surface area contributed by atoms with Crippen molar-refractivity contribution < 1.29 is 29.3 Å². The van der Waals surface area contributed by atoms with Crippen molar-refractivity contribution in [1.82, 2.24) is 0 Å². The van der Waals surface area contributed by atoms with E-state index in [1.807, 2.05) is 0 Å². The average molecular weight is 1000 g/mol. The van der Waals surface area contributed by atoms with Crippen molar-refractivity contribution in [3.8, 4) is 0 Å². The normalized spacial score (nSPS) is 15.3. The Kier molecular flexibility index (Phi) is 52.2. The molecule has 0 radical (unpaired) electrons. The van der Waals surface area contributed by atoms with Crippen LogP contribution < -0.4 is 0 Å². The first-order valence-corrected chi connectivity index (χ1v) is 32.3. The summed E-state index contributed by atoms with van der Waals surface area (Å²) in [6.07, 6.45) is 78.7. The molecule has 1 rings (SSSR count). The summed E-state index contributed by atoms with van der Waals surface area (Å²) in [6, 6.07) is 0. The third-order valence-corrected chi connectivity index (χ3v) is 16.0. The monoisotopic (exact) mass is 1000 g/mol. The summed E-state index contributed by atoms with van der Waals surface area (Å²) in [6.45, 7) is 1.21. The number of unbranched alkanes of at least 4 members (excludes halogenated alkanes) is 50. The van der Waals surface area contributed by atoms with Gasteiger partial charge in [-0.2, -0.15) is 0 Å². The topological polar surface area (TPSA) is 93.1 Å². The Morgan fingerprint density at radius 3 is 0.873 bits per heavy atom. The highest BCUT2D eigenvalue weighted by molar-refractivity contribution is 5.80. The molecule has 420 valence electrons. The molecule has 6 heteroatoms. The molecule has 1 heterocycles. The summed E-state index contributed by atoms with van der Waals surface area (Å²) in [7, 11) is 0. The highest BCUT2D eigenvalue weighted by Crippen LogP contribution is 2.25. The van der Waals surface area contributed by atoms with Crippen LogP contribution in [0.25, 0.3) is 0 Å². The summed E-state index contributed by atoms with van der Waals surface area (Å²) in [4.78, 5) is 24.7. The minimum absolute atomic E-state index is 0.00500. The Morgan fingerprint density at radius 2 is 0.606 bits per heavy atom. The Bertz CT molecular complexity index is 1120. The van der Waals surface area contributed by atoms with Crippen molar-refractivity contribution in [3.05, 3.63) is 12.2 Å². The lowest BCUT2D eigenvalue weighted by atomic mass is 9.92. The molecule has 1 aliphatic rings.